The maximum absolute atomic E-state index is 13.7. The van der Waals surface area contributed by atoms with Gasteiger partial charge in [0.1, 0.15) is 6.04 Å². The number of amides is 3. The number of anilines is 1. The Morgan fingerprint density at radius 2 is 1.63 bits per heavy atom. The number of nitrogens with two attached hydrogens (primary N) is 1. The van der Waals surface area contributed by atoms with Gasteiger partial charge in [0, 0.05) is 42.2 Å². The second-order valence-corrected chi connectivity index (χ2v) is 13.0. The topological polar surface area (TPSA) is 171 Å². The summed E-state index contributed by atoms with van der Waals surface area (Å²) in [6.07, 6.45) is 3.69. The molecule has 1 aliphatic rings. The largest absolute Gasteiger partial charge is 0.351 e. The number of hydrogen-bond acceptors (Lipinski definition) is 8. The van der Waals surface area contributed by atoms with Gasteiger partial charge in [0.05, 0.1) is 0 Å². The van der Waals surface area contributed by atoms with E-state index in [1.54, 1.807) is 24.3 Å². The van der Waals surface area contributed by atoms with Gasteiger partial charge in [-0.15, -0.1) is 22.6 Å². The highest BCUT2D eigenvalue weighted by atomic mass is 35.5. The molecule has 0 aliphatic heterocycles. The number of aryl methyl sites for hydroxylation is 1. The first kappa shape index (κ1) is 39.1. The van der Waals surface area contributed by atoms with Gasteiger partial charge in [-0.05, 0) is 122 Å². The van der Waals surface area contributed by atoms with Crippen molar-refractivity contribution in [3.63, 3.8) is 0 Å². The van der Waals surface area contributed by atoms with Crippen LogP contribution in [0.5, 0.6) is 0 Å². The number of likely N-dealkylation sites (N-methyl/N-ethyl adjacent to an activating group) is 1. The van der Waals surface area contributed by atoms with E-state index in [1.807, 2.05) is 49.4 Å². The van der Waals surface area contributed by atoms with Gasteiger partial charge in [0.15, 0.2) is 0 Å². The summed E-state index contributed by atoms with van der Waals surface area (Å²) in [5.41, 5.74) is 11.8. The number of nitrogens with one attached hydrogen (secondary N) is 4. The van der Waals surface area contributed by atoms with Crippen molar-refractivity contribution in [2.45, 2.75) is 58.9 Å². The predicted octanol–water partition coefficient (Wildman–Crippen LogP) is 4.77. The van der Waals surface area contributed by atoms with Crippen LogP contribution >= 0.6 is 12.4 Å². The van der Waals surface area contributed by atoms with Gasteiger partial charge in [-0.25, -0.2) is 0 Å². The minimum atomic E-state index is -0.779. The lowest BCUT2D eigenvalue weighted by Crippen LogP contribution is -2.48. The van der Waals surface area contributed by atoms with E-state index in [0.717, 1.165) is 73.1 Å². The van der Waals surface area contributed by atoms with Crippen LogP contribution in [-0.4, -0.2) is 82.0 Å². The molecule has 1 aromatic heterocycles. The predicted molar refractivity (Wildman–Crippen MR) is 202 cm³/mol. The van der Waals surface area contributed by atoms with E-state index in [1.165, 1.54) is 0 Å². The number of nitrogens with zero attached hydrogens (tertiary/aromatic N) is 4. The zero-order valence-corrected chi connectivity index (χ0v) is 30.5. The van der Waals surface area contributed by atoms with Crippen molar-refractivity contribution < 1.29 is 14.4 Å². The van der Waals surface area contributed by atoms with E-state index in [9.17, 15) is 14.4 Å². The lowest BCUT2D eigenvalue weighted by molar-refractivity contribution is -0.130. The van der Waals surface area contributed by atoms with E-state index >= 15 is 0 Å². The molecule has 1 fully saturated rings. The first-order valence-corrected chi connectivity index (χ1v) is 17.6. The van der Waals surface area contributed by atoms with Crippen molar-refractivity contribution in [2.24, 2.45) is 17.6 Å². The summed E-state index contributed by atoms with van der Waals surface area (Å²) in [6.45, 7) is 10.2. The summed E-state index contributed by atoms with van der Waals surface area (Å²) in [6, 6.07) is 20.1. The third-order valence-electron chi connectivity index (χ3n) is 9.74. The molecule has 1 aliphatic carbocycles. The Balaban J connectivity index is 0.00000583. The maximum Gasteiger partial charge on any atom is 0.251 e. The molecule has 0 unspecified atom stereocenters. The van der Waals surface area contributed by atoms with Gasteiger partial charge in [-0.3, -0.25) is 14.4 Å². The molecule has 6 N–H and O–H groups in total. The molecular formula is C38H50ClN9O3. The molecule has 1 saturated carbocycles. The molecule has 5 rings (SSSR count). The number of carbonyl (C=O) groups excluding carboxylic acids is 3. The monoisotopic (exact) mass is 715 g/mol. The van der Waals surface area contributed by atoms with Crippen LogP contribution in [0.25, 0.3) is 22.5 Å². The zero-order valence-electron chi connectivity index (χ0n) is 29.7. The third-order valence-corrected chi connectivity index (χ3v) is 9.74. The molecule has 0 bridgehead atoms. The first-order chi connectivity index (χ1) is 24.3. The molecular weight excluding hydrogens is 666 g/mol. The van der Waals surface area contributed by atoms with Gasteiger partial charge in [-0.2, -0.15) is 5.21 Å². The van der Waals surface area contributed by atoms with Crippen molar-refractivity contribution in [3.05, 3.63) is 83.4 Å². The van der Waals surface area contributed by atoms with Crippen LogP contribution in [0.4, 0.5) is 5.69 Å². The lowest BCUT2D eigenvalue weighted by atomic mass is 9.81. The molecule has 3 aromatic carbocycles. The van der Waals surface area contributed by atoms with Gasteiger partial charge >= 0.3 is 0 Å². The highest BCUT2D eigenvalue weighted by Crippen LogP contribution is 2.29. The molecule has 51 heavy (non-hydrogen) atoms. The van der Waals surface area contributed by atoms with Gasteiger partial charge < -0.3 is 26.6 Å². The van der Waals surface area contributed by atoms with Gasteiger partial charge in [0.25, 0.3) is 5.91 Å². The van der Waals surface area contributed by atoms with Crippen molar-refractivity contribution in [3.8, 4) is 22.5 Å². The minimum Gasteiger partial charge on any atom is -0.351 e. The number of aromatic amines is 1. The quantitative estimate of drug-likeness (QED) is 0.117. The van der Waals surface area contributed by atoms with E-state index in [0.29, 0.717) is 42.5 Å². The fourth-order valence-corrected chi connectivity index (χ4v) is 6.53. The van der Waals surface area contributed by atoms with Gasteiger partial charge in [0.2, 0.25) is 17.6 Å². The number of hydrogen-bond donors (Lipinski definition) is 5. The number of carbonyl (C=O) groups is 3. The van der Waals surface area contributed by atoms with E-state index < -0.39 is 6.04 Å². The number of benzene rings is 3. The van der Waals surface area contributed by atoms with Crippen molar-refractivity contribution in [1.29, 1.82) is 0 Å². The molecule has 13 heteroatoms. The number of rotatable bonds is 15. The van der Waals surface area contributed by atoms with Crippen molar-refractivity contribution in [1.82, 2.24) is 36.2 Å². The Kier molecular flexibility index (Phi) is 14.7. The summed E-state index contributed by atoms with van der Waals surface area (Å²) in [5, 5.41) is 23.1. The molecule has 1 atom stereocenters. The SMILES string of the molecule is CCN(CC)CCNC(=O)c1ccc(-c2ccc(C[C@H](NC(=O)[C@H]3CC[C@H](CN)CC3)C(=O)Nc3ccc(-c4nn[nH]n4)cc3)cc2)c(C)c1.Cl. The van der Waals surface area contributed by atoms with Crippen LogP contribution in [0, 0.1) is 18.8 Å². The van der Waals surface area contributed by atoms with Crippen LogP contribution in [0.15, 0.2) is 66.7 Å². The zero-order chi connectivity index (χ0) is 35.5. The number of tetrazole rings is 1. The molecule has 3 amide bonds. The van der Waals surface area contributed by atoms with Crippen LogP contribution in [0.3, 0.4) is 0 Å². The van der Waals surface area contributed by atoms with E-state index in [2.05, 4.69) is 55.3 Å². The van der Waals surface area contributed by atoms with Crippen LogP contribution < -0.4 is 21.7 Å². The average Bonchev–Trinajstić information content (AvgIpc) is 3.69. The summed E-state index contributed by atoms with van der Waals surface area (Å²) < 4.78 is 0. The Labute approximate surface area is 306 Å². The fraction of sp³-hybridized carbons (Fsp3) is 0.421. The molecule has 0 spiro atoms. The molecule has 4 aromatic rings. The molecule has 0 saturated heterocycles. The summed E-state index contributed by atoms with van der Waals surface area (Å²) in [4.78, 5) is 42.2. The highest BCUT2D eigenvalue weighted by Gasteiger charge is 2.29. The molecule has 1 heterocycles. The Bertz CT molecular complexity index is 1700. The first-order valence-electron chi connectivity index (χ1n) is 17.6. The summed E-state index contributed by atoms with van der Waals surface area (Å²) in [5.74, 6) is 0.291. The second kappa shape index (κ2) is 19.1. The normalized spacial score (nSPS) is 16.2. The number of aromatic nitrogens is 4. The van der Waals surface area contributed by atoms with E-state index in [-0.39, 0.29) is 36.0 Å². The van der Waals surface area contributed by atoms with Crippen molar-refractivity contribution >= 4 is 35.8 Å². The van der Waals surface area contributed by atoms with Crippen LogP contribution in [0.2, 0.25) is 0 Å². The van der Waals surface area contributed by atoms with Gasteiger partial charge in [-0.1, -0.05) is 44.2 Å². The van der Waals surface area contributed by atoms with E-state index in [4.69, 9.17) is 5.73 Å². The molecule has 272 valence electrons. The fourth-order valence-electron chi connectivity index (χ4n) is 6.53. The Hall–Kier alpha value is -4.65. The van der Waals surface area contributed by atoms with Crippen LogP contribution in [0.1, 0.15) is 61.0 Å². The third kappa shape index (κ3) is 10.7. The smallest absolute Gasteiger partial charge is 0.251 e. The number of halogens is 1. The molecule has 12 nitrogen and oxygen atoms in total. The highest BCUT2D eigenvalue weighted by molar-refractivity contribution is 5.98. The van der Waals surface area contributed by atoms with Crippen LogP contribution in [-0.2, 0) is 16.0 Å². The Morgan fingerprint density at radius 3 is 2.24 bits per heavy atom. The standard InChI is InChI=1S/C38H49N9O3.ClH/c1-4-47(5-2)21-20-40-36(48)31-16-19-33(25(3)22-31)28-10-6-26(7-11-28)23-34(42-37(49)30-12-8-27(24-39)9-13-30)38(50)41-32-17-14-29(15-18-32)35-43-45-46-44-35;/h6-7,10-11,14-19,22,27,30,34H,4-5,8-9,12-13,20-21,23-24,39H2,1-3H3,(H,40,48)(H,41,50)(H,42,49)(H,43,44,45,46);1H/t27-,30-,34-;/m0./s1. The minimum absolute atomic E-state index is 0. The average molecular weight is 716 g/mol. The maximum atomic E-state index is 13.7. The van der Waals surface area contributed by atoms with Crippen molar-refractivity contribution in [2.75, 3.05) is 38.0 Å². The number of H-pyrrole nitrogens is 1. The Morgan fingerprint density at radius 1 is 0.941 bits per heavy atom. The summed E-state index contributed by atoms with van der Waals surface area (Å²) in [7, 11) is 0. The lowest BCUT2D eigenvalue weighted by Gasteiger charge is -2.28. The molecule has 0 radical (unpaired) electrons. The summed E-state index contributed by atoms with van der Waals surface area (Å²) >= 11 is 0. The second-order valence-electron chi connectivity index (χ2n) is 13.0.